The first-order valence-corrected chi connectivity index (χ1v) is 6.69. The van der Waals surface area contributed by atoms with Crippen molar-refractivity contribution < 1.29 is 0 Å². The van der Waals surface area contributed by atoms with Crippen LogP contribution in [0.25, 0.3) is 0 Å². The summed E-state index contributed by atoms with van der Waals surface area (Å²) in [5.74, 6) is 0.654. The maximum atomic E-state index is 2.38. The van der Waals surface area contributed by atoms with E-state index >= 15 is 0 Å². The molecule has 0 aromatic heterocycles. The summed E-state index contributed by atoms with van der Waals surface area (Å²) in [6.07, 6.45) is 0. The molecule has 0 radical (unpaired) electrons. The lowest BCUT2D eigenvalue weighted by molar-refractivity contribution is 0.575. The highest BCUT2D eigenvalue weighted by molar-refractivity contribution is 6.68. The fraction of sp³-hybridized carbons (Fsp3) is 0.400. The van der Waals surface area contributed by atoms with E-state index in [0.29, 0.717) is 5.92 Å². The molecule has 0 saturated carbocycles. The smallest absolute Gasteiger partial charge is 0.102 e. The van der Waals surface area contributed by atoms with Crippen molar-refractivity contribution in [2.24, 2.45) is 5.92 Å². The average molecular weight is 217 g/mol. The van der Waals surface area contributed by atoms with Crippen molar-refractivity contribution in [1.82, 2.24) is 0 Å². The molecular formula is C10H21B7. The highest BCUT2D eigenvalue weighted by atomic mass is 14.2. The molecule has 0 nitrogen and oxygen atoms in total. The molecule has 0 spiro atoms. The topological polar surface area (TPSA) is 0 Å². The molecule has 0 bridgehead atoms. The molecule has 82 valence electrons. The zero-order chi connectivity index (χ0) is 13.5. The lowest BCUT2D eigenvalue weighted by atomic mass is 9.41. The molecule has 0 atom stereocenters. The number of hydrogen-bond acceptors (Lipinski definition) is 0. The molecule has 17 heavy (non-hydrogen) atoms. The summed E-state index contributed by atoms with van der Waals surface area (Å²) in [5.41, 5.74) is 8.94. The molecule has 0 aliphatic rings. The van der Waals surface area contributed by atoms with Crippen LogP contribution in [0.3, 0.4) is 0 Å². The third-order valence-corrected chi connectivity index (χ3v) is 5.09. The third kappa shape index (κ3) is 2.30. The van der Waals surface area contributed by atoms with Crippen LogP contribution in [0, 0.1) is 5.92 Å². The Labute approximate surface area is 113 Å². The molecule has 0 fully saturated rings. The zero-order valence-electron chi connectivity index (χ0n) is 13.1. The number of rotatable bonds is 2. The van der Waals surface area contributed by atoms with E-state index in [1.165, 1.54) is 27.3 Å². The Bertz CT molecular complexity index is 421. The number of benzene rings is 1. The molecule has 1 aromatic carbocycles. The van der Waals surface area contributed by atoms with E-state index in [1.807, 2.05) is 0 Å². The maximum absolute atomic E-state index is 2.38. The molecule has 0 unspecified atom stereocenters. The minimum absolute atomic E-state index is 0.247. The van der Waals surface area contributed by atoms with Gasteiger partial charge in [-0.15, -0.1) is 16.4 Å². The van der Waals surface area contributed by atoms with E-state index in [4.69, 9.17) is 0 Å². The number of hydrogen-bond donors (Lipinski definition) is 0. The van der Waals surface area contributed by atoms with E-state index in [1.54, 1.807) is 5.56 Å². The molecule has 0 aliphatic heterocycles. The van der Waals surface area contributed by atoms with Crippen LogP contribution in [0.4, 0.5) is 0 Å². The Morgan fingerprint density at radius 3 is 1.29 bits per heavy atom. The minimum Gasteiger partial charge on any atom is -0.102 e. The SMILES string of the molecule is Bc1c(B)c(B)c(C(B)(B)C(C)C)c(B)c1B. The summed E-state index contributed by atoms with van der Waals surface area (Å²) in [6.45, 7) is 4.65. The molecule has 1 rings (SSSR count). The quantitative estimate of drug-likeness (QED) is 0.431. The lowest BCUT2D eigenvalue weighted by Gasteiger charge is -2.36. The van der Waals surface area contributed by atoms with Crippen LogP contribution >= 0.6 is 0 Å². The van der Waals surface area contributed by atoms with Crippen LogP contribution < -0.4 is 27.3 Å². The van der Waals surface area contributed by atoms with Crippen LogP contribution in [0.15, 0.2) is 0 Å². The van der Waals surface area contributed by atoms with Gasteiger partial charge in [-0.2, -0.15) is 0 Å². The van der Waals surface area contributed by atoms with Crippen molar-refractivity contribution in [2.45, 2.75) is 19.1 Å². The summed E-state index contributed by atoms with van der Waals surface area (Å²) in [4.78, 5) is 0. The largest absolute Gasteiger partial charge is 0.138 e. The summed E-state index contributed by atoms with van der Waals surface area (Å²) < 4.78 is 0. The monoisotopic (exact) mass is 218 g/mol. The molecule has 0 heterocycles. The Kier molecular flexibility index (Phi) is 4.11. The van der Waals surface area contributed by atoms with Crippen molar-refractivity contribution in [2.75, 3.05) is 0 Å². The molecule has 0 aliphatic carbocycles. The van der Waals surface area contributed by atoms with Crippen LogP contribution in [0.1, 0.15) is 19.4 Å². The lowest BCUT2D eigenvalue weighted by Crippen LogP contribution is -2.60. The van der Waals surface area contributed by atoms with E-state index in [2.05, 4.69) is 68.8 Å². The fourth-order valence-electron chi connectivity index (χ4n) is 2.76. The highest BCUT2D eigenvalue weighted by Gasteiger charge is 2.28. The van der Waals surface area contributed by atoms with Crippen LogP contribution in [-0.4, -0.2) is 54.9 Å². The summed E-state index contributed by atoms with van der Waals surface area (Å²) in [6, 6.07) is 0. The minimum atomic E-state index is 0.247. The van der Waals surface area contributed by atoms with Crippen molar-refractivity contribution in [3.8, 4) is 0 Å². The van der Waals surface area contributed by atoms with Gasteiger partial charge in [0, 0.05) is 0 Å². The van der Waals surface area contributed by atoms with Gasteiger partial charge in [0.1, 0.15) is 54.9 Å². The normalized spacial score (nSPS) is 11.9. The van der Waals surface area contributed by atoms with Crippen molar-refractivity contribution in [3.05, 3.63) is 5.56 Å². The van der Waals surface area contributed by atoms with E-state index < -0.39 is 0 Å². The molecule has 0 saturated heterocycles. The van der Waals surface area contributed by atoms with Gasteiger partial charge in [-0.1, -0.05) is 41.5 Å². The van der Waals surface area contributed by atoms with E-state index in [0.717, 1.165) is 0 Å². The first kappa shape index (κ1) is 14.7. The molecule has 1 aromatic rings. The molecule has 0 amide bonds. The van der Waals surface area contributed by atoms with Crippen LogP contribution in [0.5, 0.6) is 0 Å². The first-order chi connectivity index (χ1) is 7.62. The fourth-order valence-corrected chi connectivity index (χ4v) is 2.76. The second-order valence-electron chi connectivity index (χ2n) is 6.38. The summed E-state index contributed by atoms with van der Waals surface area (Å²) in [7, 11) is 16.1. The van der Waals surface area contributed by atoms with Gasteiger partial charge < -0.3 is 0 Å². The van der Waals surface area contributed by atoms with Crippen molar-refractivity contribution in [1.29, 1.82) is 0 Å². The maximum Gasteiger partial charge on any atom is 0.138 e. The van der Waals surface area contributed by atoms with Gasteiger partial charge in [-0.05, 0) is 0 Å². The summed E-state index contributed by atoms with van der Waals surface area (Å²) >= 11 is 0. The summed E-state index contributed by atoms with van der Waals surface area (Å²) in [5, 5.41) is 0.247. The van der Waals surface area contributed by atoms with Crippen LogP contribution in [0.2, 0.25) is 0 Å². The highest BCUT2D eigenvalue weighted by Crippen LogP contribution is 2.21. The molecule has 7 heteroatoms. The predicted octanol–water partition coefficient (Wildman–Crippen LogP) is -7.95. The zero-order valence-corrected chi connectivity index (χ0v) is 13.1. The van der Waals surface area contributed by atoms with Gasteiger partial charge in [0.05, 0.1) is 0 Å². The van der Waals surface area contributed by atoms with E-state index in [-0.39, 0.29) is 5.21 Å². The second kappa shape index (κ2) is 4.74. The first-order valence-electron chi connectivity index (χ1n) is 6.69. The van der Waals surface area contributed by atoms with Gasteiger partial charge >= 0.3 is 0 Å². The van der Waals surface area contributed by atoms with Crippen molar-refractivity contribution >= 4 is 82.2 Å². The Morgan fingerprint density at radius 1 is 0.706 bits per heavy atom. The standard InChI is InChI=1S/C10H21B7/c1-3(2)10(16,17)4-5(11)7(13)9(15)8(14)6(4)12/h3H,11-17H2,1-2H3. The Balaban J connectivity index is 3.66. The molecular weight excluding hydrogens is 196 g/mol. The van der Waals surface area contributed by atoms with E-state index in [9.17, 15) is 0 Å². The Hall–Kier alpha value is -0.325. The van der Waals surface area contributed by atoms with Gasteiger partial charge in [-0.25, -0.2) is 0 Å². The third-order valence-electron chi connectivity index (χ3n) is 5.09. The van der Waals surface area contributed by atoms with Gasteiger partial charge in [-0.3, -0.25) is 0 Å². The average Bonchev–Trinajstić information content (AvgIpc) is 2.23. The predicted molar refractivity (Wildman–Crippen MR) is 101 cm³/mol. The van der Waals surface area contributed by atoms with Crippen LogP contribution in [-0.2, 0) is 5.21 Å². The second-order valence-corrected chi connectivity index (χ2v) is 6.38. The molecule has 0 N–H and O–H groups in total. The van der Waals surface area contributed by atoms with Crippen molar-refractivity contribution in [3.63, 3.8) is 0 Å². The Morgan fingerprint density at radius 2 is 1.00 bits per heavy atom. The van der Waals surface area contributed by atoms with Gasteiger partial charge in [0.15, 0.2) is 0 Å². The van der Waals surface area contributed by atoms with Gasteiger partial charge in [0.2, 0.25) is 0 Å². The van der Waals surface area contributed by atoms with Gasteiger partial charge in [0.25, 0.3) is 0 Å².